The molecule has 0 radical (unpaired) electrons. The molecular formula is C29H49N3O11SSi2. The Balaban J connectivity index is 2.36. The number of esters is 1. The zero-order valence-corrected chi connectivity index (χ0v) is 31.9. The van der Waals surface area contributed by atoms with E-state index in [0.717, 1.165) is 17.1 Å². The van der Waals surface area contributed by atoms with Crippen LogP contribution in [0.25, 0.3) is 0 Å². The van der Waals surface area contributed by atoms with E-state index in [1.165, 1.54) is 17.8 Å². The summed E-state index contributed by atoms with van der Waals surface area (Å²) in [5.74, 6) is -1.69. The highest BCUT2D eigenvalue weighted by Gasteiger charge is 2.68. The molecule has 0 aliphatic carbocycles. The number of nitrogens with zero attached hydrogens (tertiary/aromatic N) is 2. The van der Waals surface area contributed by atoms with Crippen LogP contribution in [-0.2, 0) is 49.3 Å². The van der Waals surface area contributed by atoms with Gasteiger partial charge in [-0.15, -0.1) is 0 Å². The van der Waals surface area contributed by atoms with Crippen molar-refractivity contribution in [2.24, 2.45) is 7.05 Å². The Kier molecular flexibility index (Phi) is 10.4. The number of aryl methyl sites for hydroxylation is 1. The van der Waals surface area contributed by atoms with Crippen LogP contribution in [0.5, 0.6) is 0 Å². The number of hydrogen-bond acceptors (Lipinski definition) is 11. The maximum atomic E-state index is 13.6. The van der Waals surface area contributed by atoms with E-state index in [4.69, 9.17) is 17.8 Å². The second-order valence-electron chi connectivity index (χ2n) is 15.0. The van der Waals surface area contributed by atoms with Gasteiger partial charge < -0.3 is 23.6 Å². The topological polar surface area (TPSA) is 170 Å². The van der Waals surface area contributed by atoms with Crippen LogP contribution in [0.15, 0.2) is 26.9 Å². The number of amides is 1. The van der Waals surface area contributed by atoms with Gasteiger partial charge in [-0.1, -0.05) is 41.5 Å². The summed E-state index contributed by atoms with van der Waals surface area (Å²) in [7, 11) is -7.35. The van der Waals surface area contributed by atoms with Crippen LogP contribution >= 0.6 is 0 Å². The summed E-state index contributed by atoms with van der Waals surface area (Å²) in [6.45, 7) is 21.3. The second kappa shape index (κ2) is 12.6. The van der Waals surface area contributed by atoms with Gasteiger partial charge in [0, 0.05) is 18.8 Å². The van der Waals surface area contributed by atoms with Crippen molar-refractivity contribution in [1.82, 2.24) is 14.5 Å². The SMILES string of the molecule is COC(=O)CC(=O)NC1=CS(=O)(=O)O[C@@]12[C@@H](CO[Si](C)(C)C(C)(C)C)O[C@@H](n1cc(C)c(=O)n(C)c1=O)[C@@H]2O[Si](C)(C)C(C)(C)C. The summed E-state index contributed by atoms with van der Waals surface area (Å²) >= 11 is 0. The Bertz CT molecular complexity index is 1630. The fourth-order valence-electron chi connectivity index (χ4n) is 4.73. The van der Waals surface area contributed by atoms with E-state index in [9.17, 15) is 27.6 Å². The molecule has 0 unspecified atom stereocenters. The number of hydrogen-bond donors (Lipinski definition) is 1. The molecule has 1 aromatic heterocycles. The third-order valence-electron chi connectivity index (χ3n) is 9.59. The maximum absolute atomic E-state index is 13.6. The lowest BCUT2D eigenvalue weighted by molar-refractivity contribution is -0.143. The molecule has 1 N–H and O–H groups in total. The van der Waals surface area contributed by atoms with Gasteiger partial charge in [-0.05, 0) is 43.2 Å². The molecule has 46 heavy (non-hydrogen) atoms. The van der Waals surface area contributed by atoms with E-state index in [0.29, 0.717) is 0 Å². The first-order valence-electron chi connectivity index (χ1n) is 15.0. The summed E-state index contributed by atoms with van der Waals surface area (Å²) in [6, 6.07) is 0. The molecule has 2 aliphatic heterocycles. The molecule has 4 atom stereocenters. The number of aromatic nitrogens is 2. The normalized spacial score (nSPS) is 25.1. The van der Waals surface area contributed by atoms with Crippen LogP contribution in [0.1, 0.15) is 59.8 Å². The van der Waals surface area contributed by atoms with E-state index < -0.39 is 85.4 Å². The summed E-state index contributed by atoms with van der Waals surface area (Å²) in [5.41, 5.74) is -3.30. The molecule has 3 heterocycles. The van der Waals surface area contributed by atoms with Gasteiger partial charge in [0.15, 0.2) is 28.5 Å². The van der Waals surface area contributed by atoms with Gasteiger partial charge in [0.05, 0.1) is 24.8 Å². The molecule has 0 saturated carbocycles. The molecule has 1 saturated heterocycles. The summed E-state index contributed by atoms with van der Waals surface area (Å²) in [4.78, 5) is 51.3. The lowest BCUT2D eigenvalue weighted by Gasteiger charge is -2.44. The van der Waals surface area contributed by atoms with Crippen LogP contribution < -0.4 is 16.6 Å². The number of methoxy groups -OCH3 is 1. The second-order valence-corrected chi connectivity index (χ2v) is 25.9. The van der Waals surface area contributed by atoms with E-state index >= 15 is 0 Å². The Hall–Kier alpha value is -2.42. The largest absolute Gasteiger partial charge is 0.469 e. The number of ether oxygens (including phenoxy) is 2. The summed E-state index contributed by atoms with van der Waals surface area (Å²) in [6.07, 6.45) is -3.28. The first-order chi connectivity index (χ1) is 20.7. The molecule has 260 valence electrons. The molecule has 14 nitrogen and oxygen atoms in total. The molecule has 3 rings (SSSR count). The number of rotatable bonds is 9. The van der Waals surface area contributed by atoms with Crippen molar-refractivity contribution in [3.63, 3.8) is 0 Å². The third kappa shape index (κ3) is 7.19. The zero-order valence-electron chi connectivity index (χ0n) is 29.1. The predicted octanol–water partition coefficient (Wildman–Crippen LogP) is 2.78. The minimum atomic E-state index is -4.47. The first kappa shape index (κ1) is 38.0. The maximum Gasteiger partial charge on any atom is 0.332 e. The van der Waals surface area contributed by atoms with Crippen molar-refractivity contribution < 1.29 is 40.5 Å². The highest BCUT2D eigenvalue weighted by Crippen LogP contribution is 2.52. The van der Waals surface area contributed by atoms with Crippen molar-refractivity contribution in [2.45, 2.75) is 115 Å². The minimum absolute atomic E-state index is 0.191. The predicted molar refractivity (Wildman–Crippen MR) is 175 cm³/mol. The van der Waals surface area contributed by atoms with Crippen LogP contribution in [0, 0.1) is 6.92 Å². The lowest BCUT2D eigenvalue weighted by atomic mass is 9.89. The Morgan fingerprint density at radius 1 is 1.04 bits per heavy atom. The third-order valence-corrected chi connectivity index (χ3v) is 19.6. The van der Waals surface area contributed by atoms with E-state index in [1.54, 1.807) is 6.92 Å². The van der Waals surface area contributed by atoms with E-state index in [2.05, 4.69) is 10.1 Å². The number of carbonyl (C=O) groups excluding carboxylic acids is 2. The van der Waals surface area contributed by atoms with E-state index in [1.807, 2.05) is 67.7 Å². The summed E-state index contributed by atoms with van der Waals surface area (Å²) < 4.78 is 59.4. The number of nitrogens with one attached hydrogen (secondary N) is 1. The monoisotopic (exact) mass is 703 g/mol. The van der Waals surface area contributed by atoms with Crippen molar-refractivity contribution in [2.75, 3.05) is 13.7 Å². The average molecular weight is 704 g/mol. The van der Waals surface area contributed by atoms with Crippen LogP contribution in [0.4, 0.5) is 0 Å². The molecule has 1 spiro atoms. The molecule has 0 bridgehead atoms. The smallest absolute Gasteiger partial charge is 0.332 e. The molecule has 1 amide bonds. The van der Waals surface area contributed by atoms with Gasteiger partial charge in [-0.25, -0.2) is 8.98 Å². The zero-order chi connectivity index (χ0) is 35.4. The van der Waals surface area contributed by atoms with Crippen LogP contribution in [0.2, 0.25) is 36.3 Å². The summed E-state index contributed by atoms with van der Waals surface area (Å²) in [5, 5.41) is 2.67. The van der Waals surface area contributed by atoms with Gasteiger partial charge in [-0.3, -0.25) is 23.5 Å². The minimum Gasteiger partial charge on any atom is -0.469 e. The molecular weight excluding hydrogens is 655 g/mol. The number of carbonyl (C=O) groups is 2. The van der Waals surface area contributed by atoms with Gasteiger partial charge in [0.2, 0.25) is 5.91 Å². The highest BCUT2D eigenvalue weighted by atomic mass is 32.2. The average Bonchev–Trinajstić information content (AvgIpc) is 3.33. The van der Waals surface area contributed by atoms with Crippen LogP contribution in [-0.4, -0.2) is 77.6 Å². The fourth-order valence-corrected chi connectivity index (χ4v) is 8.26. The lowest BCUT2D eigenvalue weighted by Crippen LogP contribution is -2.60. The van der Waals surface area contributed by atoms with Gasteiger partial charge in [0.1, 0.15) is 18.6 Å². The quantitative estimate of drug-likeness (QED) is 0.174. The van der Waals surface area contributed by atoms with E-state index in [-0.39, 0.29) is 22.9 Å². The molecule has 1 aromatic rings. The van der Waals surface area contributed by atoms with Crippen molar-refractivity contribution in [1.29, 1.82) is 0 Å². The standard InChI is InChI=1S/C29H49N3O11SSi2/c1-18-15-32(26(36)31(8)24(18)35)25-23(42-46(12,13)28(5,6)7)29(20(41-25)16-40-45(10,11)27(2,3)4)19(17-44(37,38)43-29)30-21(33)14-22(34)39-9/h15,17,20,23,25H,14,16H2,1-13H3,(H,30,33)/t20-,23+,25-,29-/m1/s1. The van der Waals surface area contributed by atoms with Gasteiger partial charge in [0.25, 0.3) is 15.7 Å². The molecule has 1 fully saturated rings. The van der Waals surface area contributed by atoms with Gasteiger partial charge in [-0.2, -0.15) is 8.42 Å². The Morgan fingerprint density at radius 2 is 1.61 bits per heavy atom. The Morgan fingerprint density at radius 3 is 2.13 bits per heavy atom. The fraction of sp³-hybridized carbons (Fsp3) is 0.724. The Labute approximate surface area is 272 Å². The highest BCUT2D eigenvalue weighted by molar-refractivity contribution is 7.90. The molecule has 2 aliphatic rings. The first-order valence-corrected chi connectivity index (χ1v) is 22.3. The van der Waals surface area contributed by atoms with Crippen LogP contribution in [0.3, 0.4) is 0 Å². The molecule has 0 aromatic carbocycles. The van der Waals surface area contributed by atoms with Crippen molar-refractivity contribution in [3.8, 4) is 0 Å². The van der Waals surface area contributed by atoms with Crippen molar-refractivity contribution in [3.05, 3.63) is 43.7 Å². The van der Waals surface area contributed by atoms with Crippen molar-refractivity contribution >= 4 is 38.6 Å². The molecule has 17 heteroatoms. The van der Waals surface area contributed by atoms with Gasteiger partial charge >= 0.3 is 11.7 Å².